The van der Waals surface area contributed by atoms with Crippen LogP contribution in [0.1, 0.15) is 28.8 Å². The summed E-state index contributed by atoms with van der Waals surface area (Å²) in [5, 5.41) is 15.7. The first-order valence-electron chi connectivity index (χ1n) is 10.5. The number of nitrogens with zero attached hydrogens (tertiary/aromatic N) is 3. The molecule has 1 saturated carbocycles. The fraction of sp³-hybridized carbons (Fsp3) is 0.208. The number of benzene rings is 2. The number of fused-ring (bicyclic) bond motifs is 1. The number of carbonyl (C=O) groups is 2. The van der Waals surface area contributed by atoms with Crippen molar-refractivity contribution in [1.29, 1.82) is 5.41 Å². The van der Waals surface area contributed by atoms with Crippen LogP contribution in [0.3, 0.4) is 0 Å². The number of aliphatic imine (C=N–C) groups is 1. The minimum absolute atomic E-state index is 0.00195. The number of rotatable bonds is 6. The van der Waals surface area contributed by atoms with Crippen molar-refractivity contribution >= 4 is 45.8 Å². The predicted molar refractivity (Wildman–Crippen MR) is 129 cm³/mol. The average Bonchev–Trinajstić information content (AvgIpc) is 3.61. The zero-order chi connectivity index (χ0) is 23.8. The molecule has 0 spiro atoms. The van der Waals surface area contributed by atoms with E-state index in [1.165, 1.54) is 31.0 Å². The Balaban J connectivity index is 1.30. The fourth-order valence-electron chi connectivity index (χ4n) is 3.43. The Bertz CT molecular complexity index is 1290. The molecule has 2 aromatic carbocycles. The topological polar surface area (TPSA) is 114 Å². The number of hydrazone groups is 1. The quantitative estimate of drug-likeness (QED) is 0.381. The van der Waals surface area contributed by atoms with Crippen LogP contribution in [0.5, 0.6) is 17.2 Å². The maximum atomic E-state index is 12.5. The van der Waals surface area contributed by atoms with E-state index in [4.69, 9.17) is 19.6 Å². The van der Waals surface area contributed by atoms with Crippen LogP contribution in [0.2, 0.25) is 0 Å². The molecular weight excluding hydrogens is 456 g/mol. The van der Waals surface area contributed by atoms with Crippen molar-refractivity contribution in [2.24, 2.45) is 16.0 Å². The van der Waals surface area contributed by atoms with Crippen molar-refractivity contribution in [3.63, 3.8) is 0 Å². The Morgan fingerprint density at radius 3 is 2.53 bits per heavy atom. The molecule has 0 saturated heterocycles. The third-order valence-electron chi connectivity index (χ3n) is 5.42. The second-order valence-corrected chi connectivity index (χ2v) is 8.75. The van der Waals surface area contributed by atoms with E-state index in [9.17, 15) is 9.59 Å². The lowest BCUT2D eigenvalue weighted by Gasteiger charge is -2.20. The van der Waals surface area contributed by atoms with Gasteiger partial charge in [0.1, 0.15) is 10.8 Å². The first kappa shape index (κ1) is 21.9. The van der Waals surface area contributed by atoms with Gasteiger partial charge in [0.2, 0.25) is 5.17 Å². The Hall–Kier alpha value is -3.92. The average molecular weight is 477 g/mol. The molecule has 34 heavy (non-hydrogen) atoms. The number of nitrogens with one attached hydrogen (secondary N) is 1. The number of carbonyl (C=O) groups excluding carboxylic acids is 2. The van der Waals surface area contributed by atoms with Gasteiger partial charge in [0, 0.05) is 5.92 Å². The van der Waals surface area contributed by atoms with Crippen LogP contribution in [0.25, 0.3) is 6.08 Å². The highest BCUT2D eigenvalue weighted by atomic mass is 32.2. The zero-order valence-electron chi connectivity index (χ0n) is 18.4. The molecule has 3 aliphatic rings. The highest BCUT2D eigenvalue weighted by molar-refractivity contribution is 8.27. The molecule has 0 unspecified atom stereocenters. The monoisotopic (exact) mass is 476 g/mol. The van der Waals surface area contributed by atoms with Gasteiger partial charge in [0.25, 0.3) is 5.91 Å². The van der Waals surface area contributed by atoms with E-state index in [2.05, 4.69) is 10.1 Å². The molecule has 1 aliphatic carbocycles. The molecule has 0 aromatic heterocycles. The van der Waals surface area contributed by atoms with Gasteiger partial charge in [-0.25, -0.2) is 4.79 Å². The van der Waals surface area contributed by atoms with E-state index >= 15 is 0 Å². The van der Waals surface area contributed by atoms with Crippen molar-refractivity contribution in [1.82, 2.24) is 5.01 Å². The molecule has 2 aromatic rings. The maximum Gasteiger partial charge on any atom is 0.343 e. The fourth-order valence-corrected chi connectivity index (χ4v) is 4.49. The molecule has 0 bridgehead atoms. The number of hydrogen-bond acceptors (Lipinski definition) is 8. The van der Waals surface area contributed by atoms with E-state index in [1.54, 1.807) is 48.5 Å². The summed E-state index contributed by atoms with van der Waals surface area (Å²) in [6.45, 7) is 0. The first-order chi connectivity index (χ1) is 16.5. The summed E-state index contributed by atoms with van der Waals surface area (Å²) in [4.78, 5) is 29.2. The van der Waals surface area contributed by atoms with Gasteiger partial charge in [-0.1, -0.05) is 12.1 Å². The molecule has 172 valence electrons. The molecule has 5 rings (SSSR count). The minimum Gasteiger partial charge on any atom is -0.493 e. The number of amides is 1. The molecule has 1 fully saturated rings. The third-order valence-corrected chi connectivity index (χ3v) is 6.49. The van der Waals surface area contributed by atoms with Gasteiger partial charge >= 0.3 is 5.97 Å². The molecule has 0 radical (unpaired) electrons. The Morgan fingerprint density at radius 1 is 1.12 bits per heavy atom. The molecule has 2 aliphatic heterocycles. The van der Waals surface area contributed by atoms with Crippen LogP contribution in [-0.2, 0) is 4.79 Å². The lowest BCUT2D eigenvalue weighted by atomic mass is 10.1. The van der Waals surface area contributed by atoms with Crippen molar-refractivity contribution < 1.29 is 23.8 Å². The lowest BCUT2D eigenvalue weighted by molar-refractivity contribution is -0.114. The summed E-state index contributed by atoms with van der Waals surface area (Å²) < 4.78 is 15.8. The molecule has 1 amide bonds. The molecule has 9 nitrogen and oxygen atoms in total. The van der Waals surface area contributed by atoms with Crippen LogP contribution in [0, 0.1) is 11.3 Å². The summed E-state index contributed by atoms with van der Waals surface area (Å²) in [5.74, 6) is 0.674. The summed E-state index contributed by atoms with van der Waals surface area (Å²) in [5.41, 5.74) is 1.13. The van der Waals surface area contributed by atoms with Crippen molar-refractivity contribution in [2.45, 2.75) is 12.8 Å². The van der Waals surface area contributed by atoms with Gasteiger partial charge in [-0.15, -0.1) is 0 Å². The van der Waals surface area contributed by atoms with Gasteiger partial charge in [0.15, 0.2) is 17.3 Å². The number of ether oxygens (including phenoxy) is 3. The van der Waals surface area contributed by atoms with Gasteiger partial charge in [0.05, 0.1) is 25.4 Å². The second kappa shape index (κ2) is 8.79. The first-order valence-corrected chi connectivity index (χ1v) is 11.3. The summed E-state index contributed by atoms with van der Waals surface area (Å²) in [7, 11) is 3.01. The SMILES string of the molecule is COc1ccc(C(=O)Oc2ccc(C=C3C(=N)N4N=C(C5CC5)SC4=NC3=O)cc2)cc1OC. The Labute approximate surface area is 199 Å². The number of esters is 1. The van der Waals surface area contributed by atoms with E-state index in [0.29, 0.717) is 39.5 Å². The summed E-state index contributed by atoms with van der Waals surface area (Å²) in [6, 6.07) is 11.4. The van der Waals surface area contributed by atoms with E-state index < -0.39 is 11.9 Å². The summed E-state index contributed by atoms with van der Waals surface area (Å²) in [6.07, 6.45) is 3.75. The smallest absolute Gasteiger partial charge is 0.343 e. The van der Waals surface area contributed by atoms with Gasteiger partial charge in [-0.2, -0.15) is 15.1 Å². The van der Waals surface area contributed by atoms with Crippen molar-refractivity contribution in [3.05, 3.63) is 59.2 Å². The lowest BCUT2D eigenvalue weighted by Crippen LogP contribution is -2.35. The Kier molecular flexibility index (Phi) is 5.66. The number of methoxy groups -OCH3 is 2. The highest BCUT2D eigenvalue weighted by Crippen LogP contribution is 2.40. The predicted octanol–water partition coefficient (Wildman–Crippen LogP) is 3.95. The molecular formula is C24H20N4O5S. The molecule has 10 heteroatoms. The van der Waals surface area contributed by atoms with Crippen LogP contribution >= 0.6 is 11.8 Å². The van der Waals surface area contributed by atoms with Crippen LogP contribution < -0.4 is 14.2 Å². The van der Waals surface area contributed by atoms with Crippen LogP contribution in [-0.4, -0.2) is 47.2 Å². The molecule has 2 heterocycles. The van der Waals surface area contributed by atoms with Gasteiger partial charge < -0.3 is 14.2 Å². The zero-order valence-corrected chi connectivity index (χ0v) is 19.2. The number of thioether (sulfide) groups is 1. The standard InChI is InChI=1S/C24H20N4O5S/c1-31-18-10-7-15(12-19(18)32-2)23(30)33-16-8-3-13(4-9-16)11-17-20(25)28-24(26-21(17)29)34-22(27-28)14-5-6-14/h3-4,7-12,14,25H,5-6H2,1-2H3. The third kappa shape index (κ3) is 4.19. The number of amidine groups is 2. The molecule has 1 N–H and O–H groups in total. The summed E-state index contributed by atoms with van der Waals surface area (Å²) >= 11 is 1.36. The number of hydrogen-bond donors (Lipinski definition) is 1. The minimum atomic E-state index is -0.547. The molecule has 0 atom stereocenters. The van der Waals surface area contributed by atoms with Crippen LogP contribution in [0.15, 0.2) is 58.1 Å². The highest BCUT2D eigenvalue weighted by Gasteiger charge is 2.40. The largest absolute Gasteiger partial charge is 0.493 e. The van der Waals surface area contributed by atoms with Gasteiger partial charge in [-0.05, 0) is 66.6 Å². The second-order valence-electron chi connectivity index (χ2n) is 7.76. The van der Waals surface area contributed by atoms with Gasteiger partial charge in [-0.3, -0.25) is 10.2 Å². The van der Waals surface area contributed by atoms with Crippen molar-refractivity contribution in [2.75, 3.05) is 14.2 Å². The maximum absolute atomic E-state index is 12.5. The van der Waals surface area contributed by atoms with Crippen molar-refractivity contribution in [3.8, 4) is 17.2 Å². The van der Waals surface area contributed by atoms with E-state index in [-0.39, 0.29) is 11.4 Å². The normalized spacial score (nSPS) is 18.4. The van der Waals surface area contributed by atoms with E-state index in [1.807, 2.05) is 0 Å². The van der Waals surface area contributed by atoms with E-state index in [0.717, 1.165) is 17.9 Å². The van der Waals surface area contributed by atoms with Crippen LogP contribution in [0.4, 0.5) is 0 Å². The Morgan fingerprint density at radius 2 is 1.85 bits per heavy atom.